The van der Waals surface area contributed by atoms with Gasteiger partial charge in [0.1, 0.15) is 12.0 Å². The van der Waals surface area contributed by atoms with Crippen LogP contribution in [0.25, 0.3) is 11.3 Å². The minimum atomic E-state index is -0.254. The fourth-order valence-corrected chi connectivity index (χ4v) is 3.61. The Kier molecular flexibility index (Phi) is 4.47. The van der Waals surface area contributed by atoms with Crippen molar-refractivity contribution in [2.24, 2.45) is 0 Å². The van der Waals surface area contributed by atoms with Gasteiger partial charge in [-0.1, -0.05) is 17.7 Å². The first-order valence-electron chi connectivity index (χ1n) is 8.53. The molecule has 0 radical (unpaired) electrons. The quantitative estimate of drug-likeness (QED) is 0.696. The van der Waals surface area contributed by atoms with Gasteiger partial charge < -0.3 is 5.32 Å². The zero-order valence-corrected chi connectivity index (χ0v) is 14.8. The Bertz CT molecular complexity index is 966. The zero-order valence-electron chi connectivity index (χ0n) is 14.1. The second-order valence-electron chi connectivity index (χ2n) is 6.38. The van der Waals surface area contributed by atoms with E-state index < -0.39 is 0 Å². The largest absolute Gasteiger partial charge is 0.323 e. The normalized spacial score (nSPS) is 12.8. The lowest BCUT2D eigenvalue weighted by Crippen LogP contribution is -2.42. The highest BCUT2D eigenvalue weighted by Gasteiger charge is 2.29. The van der Waals surface area contributed by atoms with Crippen LogP contribution < -0.4 is 9.88 Å². The maximum Gasteiger partial charge on any atom is 0.266 e. The first-order chi connectivity index (χ1) is 12.6. The number of halogens is 2. The van der Waals surface area contributed by atoms with Crippen molar-refractivity contribution in [2.75, 3.05) is 5.32 Å². The van der Waals surface area contributed by atoms with Crippen LogP contribution in [0.1, 0.15) is 12.2 Å². The maximum atomic E-state index is 13.2. The van der Waals surface area contributed by atoms with Crippen LogP contribution in [0.2, 0.25) is 5.02 Å². The number of carbonyl (C=O) groups excluding carboxylic acids is 1. The number of hydrogen-bond acceptors (Lipinski definition) is 1. The minimum absolute atomic E-state index is 0.108. The number of amides is 1. The fraction of sp³-hybridized carbons (Fsp3) is 0.200. The number of benzene rings is 2. The van der Waals surface area contributed by atoms with Crippen LogP contribution in [0, 0.1) is 5.82 Å². The van der Waals surface area contributed by atoms with Crippen molar-refractivity contribution in [1.82, 2.24) is 4.57 Å². The van der Waals surface area contributed by atoms with Crippen molar-refractivity contribution in [2.45, 2.75) is 25.9 Å². The second kappa shape index (κ2) is 6.92. The van der Waals surface area contributed by atoms with E-state index in [4.69, 9.17) is 11.6 Å². The van der Waals surface area contributed by atoms with E-state index in [0.29, 0.717) is 10.7 Å². The highest BCUT2D eigenvalue weighted by molar-refractivity contribution is 6.30. The molecule has 1 N–H and O–H groups in total. The summed E-state index contributed by atoms with van der Waals surface area (Å²) in [5.41, 5.74) is 2.63. The van der Waals surface area contributed by atoms with E-state index in [9.17, 15) is 9.18 Å². The van der Waals surface area contributed by atoms with Crippen molar-refractivity contribution >= 4 is 23.2 Å². The number of imidazole rings is 1. The number of fused-ring (bicyclic) bond motifs is 1. The van der Waals surface area contributed by atoms with Gasteiger partial charge in [-0.25, -0.2) is 13.5 Å². The first-order valence-corrected chi connectivity index (χ1v) is 8.91. The van der Waals surface area contributed by atoms with Crippen molar-refractivity contribution in [3.8, 4) is 11.3 Å². The summed E-state index contributed by atoms with van der Waals surface area (Å²) < 4.78 is 17.4. The van der Waals surface area contributed by atoms with Gasteiger partial charge >= 0.3 is 0 Å². The molecule has 132 valence electrons. The van der Waals surface area contributed by atoms with E-state index in [0.717, 1.165) is 36.5 Å². The van der Waals surface area contributed by atoms with Gasteiger partial charge in [0, 0.05) is 16.3 Å². The Morgan fingerprint density at radius 2 is 2.04 bits per heavy atom. The molecule has 0 fully saturated rings. The Hall–Kier alpha value is -2.66. The molecule has 2 aromatic carbocycles. The van der Waals surface area contributed by atoms with Crippen LogP contribution in [-0.2, 0) is 24.3 Å². The number of nitrogens with zero attached hydrogens (tertiary/aromatic N) is 2. The molecule has 1 aliphatic rings. The SMILES string of the molecule is O=C(C[n+]1cc(-c2ccc(F)cc2)n2c1CCC2)Nc1cccc(Cl)c1. The summed E-state index contributed by atoms with van der Waals surface area (Å²) in [5.74, 6) is 0.754. The average Bonchev–Trinajstić information content (AvgIpc) is 3.20. The Morgan fingerprint density at radius 3 is 2.81 bits per heavy atom. The summed E-state index contributed by atoms with van der Waals surface area (Å²) in [6.45, 7) is 1.13. The average molecular weight is 371 g/mol. The molecule has 0 bridgehead atoms. The van der Waals surface area contributed by atoms with Gasteiger partial charge in [-0.3, -0.25) is 4.79 Å². The van der Waals surface area contributed by atoms with E-state index in [1.54, 1.807) is 30.3 Å². The number of hydrogen-bond donors (Lipinski definition) is 1. The zero-order chi connectivity index (χ0) is 18.1. The lowest BCUT2D eigenvalue weighted by Gasteiger charge is -2.04. The molecule has 4 rings (SSSR count). The molecule has 6 heteroatoms. The summed E-state index contributed by atoms with van der Waals surface area (Å²) in [5, 5.41) is 3.46. The molecule has 26 heavy (non-hydrogen) atoms. The Morgan fingerprint density at radius 1 is 1.23 bits per heavy atom. The van der Waals surface area contributed by atoms with Gasteiger partial charge in [0.05, 0.1) is 13.0 Å². The minimum Gasteiger partial charge on any atom is -0.323 e. The topological polar surface area (TPSA) is 37.9 Å². The van der Waals surface area contributed by atoms with Gasteiger partial charge in [0.2, 0.25) is 0 Å². The third-order valence-electron chi connectivity index (χ3n) is 4.56. The highest BCUT2D eigenvalue weighted by atomic mass is 35.5. The molecule has 0 aliphatic carbocycles. The van der Waals surface area contributed by atoms with Gasteiger partial charge in [0.25, 0.3) is 11.7 Å². The van der Waals surface area contributed by atoms with E-state index in [1.165, 1.54) is 12.1 Å². The van der Waals surface area contributed by atoms with Crippen LogP contribution >= 0.6 is 11.6 Å². The van der Waals surface area contributed by atoms with E-state index in [-0.39, 0.29) is 18.3 Å². The standard InChI is InChI=1S/C20H17ClFN3O/c21-15-3-1-4-17(11-15)23-19(26)13-24-12-18(25-10-2-5-20(24)25)14-6-8-16(22)9-7-14/h1,3-4,6-9,11-12H,2,5,10,13H2/p+1. The van der Waals surface area contributed by atoms with E-state index in [2.05, 4.69) is 9.88 Å². The molecular formula is C20H18ClFN3O+. The molecule has 1 aliphatic heterocycles. The summed E-state index contributed by atoms with van der Waals surface area (Å²) in [6.07, 6.45) is 3.94. The summed E-state index contributed by atoms with van der Waals surface area (Å²) in [6, 6.07) is 13.6. The monoisotopic (exact) mass is 370 g/mol. The van der Waals surface area contributed by atoms with Crippen molar-refractivity contribution in [3.05, 3.63) is 71.4 Å². The third-order valence-corrected chi connectivity index (χ3v) is 4.79. The summed E-state index contributed by atoms with van der Waals surface area (Å²) in [7, 11) is 0. The van der Waals surface area contributed by atoms with E-state index in [1.807, 2.05) is 16.8 Å². The molecule has 0 unspecified atom stereocenters. The Labute approximate surface area is 155 Å². The number of anilines is 1. The van der Waals surface area contributed by atoms with Crippen molar-refractivity contribution in [1.29, 1.82) is 0 Å². The van der Waals surface area contributed by atoms with Crippen molar-refractivity contribution in [3.63, 3.8) is 0 Å². The first kappa shape index (κ1) is 16.8. The van der Waals surface area contributed by atoms with Crippen LogP contribution in [0.5, 0.6) is 0 Å². The third kappa shape index (κ3) is 3.35. The molecule has 0 atom stereocenters. The molecule has 3 aromatic rings. The Balaban J connectivity index is 1.58. The molecule has 2 heterocycles. The highest BCUT2D eigenvalue weighted by Crippen LogP contribution is 2.25. The van der Waals surface area contributed by atoms with E-state index >= 15 is 0 Å². The van der Waals surface area contributed by atoms with Crippen LogP contribution in [0.15, 0.2) is 54.7 Å². The number of nitrogens with one attached hydrogen (secondary N) is 1. The summed E-state index contributed by atoms with van der Waals surface area (Å²) >= 11 is 5.96. The molecule has 4 nitrogen and oxygen atoms in total. The van der Waals surface area contributed by atoms with Gasteiger partial charge in [-0.15, -0.1) is 0 Å². The molecule has 0 saturated heterocycles. The predicted molar refractivity (Wildman–Crippen MR) is 98.4 cm³/mol. The summed E-state index contributed by atoms with van der Waals surface area (Å²) in [4.78, 5) is 12.4. The smallest absolute Gasteiger partial charge is 0.266 e. The lowest BCUT2D eigenvalue weighted by molar-refractivity contribution is -0.690. The van der Waals surface area contributed by atoms with Gasteiger partial charge in [-0.2, -0.15) is 0 Å². The fourth-order valence-electron chi connectivity index (χ4n) is 3.42. The number of aromatic nitrogens is 2. The van der Waals surface area contributed by atoms with Crippen molar-refractivity contribution < 1.29 is 13.8 Å². The molecule has 1 aromatic heterocycles. The van der Waals surface area contributed by atoms with Crippen LogP contribution in [-0.4, -0.2) is 10.5 Å². The van der Waals surface area contributed by atoms with Gasteiger partial charge in [0.15, 0.2) is 12.2 Å². The number of rotatable bonds is 4. The molecule has 0 spiro atoms. The lowest BCUT2D eigenvalue weighted by atomic mass is 10.1. The number of carbonyl (C=O) groups is 1. The molecule has 1 amide bonds. The molecular weight excluding hydrogens is 353 g/mol. The second-order valence-corrected chi connectivity index (χ2v) is 6.82. The van der Waals surface area contributed by atoms with Crippen LogP contribution in [0.4, 0.5) is 10.1 Å². The predicted octanol–water partition coefficient (Wildman–Crippen LogP) is 3.82. The van der Waals surface area contributed by atoms with Gasteiger partial charge in [-0.05, 0) is 48.9 Å². The van der Waals surface area contributed by atoms with Crippen LogP contribution in [0.3, 0.4) is 0 Å². The maximum absolute atomic E-state index is 13.2. The molecule has 0 saturated carbocycles.